The van der Waals surface area contributed by atoms with Crippen LogP contribution in [-0.2, 0) is 10.2 Å². The molecule has 2 rings (SSSR count). The van der Waals surface area contributed by atoms with E-state index >= 15 is 0 Å². The van der Waals surface area contributed by atoms with Gasteiger partial charge < -0.3 is 16.0 Å². The van der Waals surface area contributed by atoms with Crippen molar-refractivity contribution in [3.05, 3.63) is 29.8 Å². The van der Waals surface area contributed by atoms with E-state index in [2.05, 4.69) is 55.3 Å². The summed E-state index contributed by atoms with van der Waals surface area (Å²) in [6, 6.07) is 9.10. The number of carbonyl (C=O) groups excluding carboxylic acids is 1. The second kappa shape index (κ2) is 9.11. The van der Waals surface area contributed by atoms with Crippen LogP contribution in [0.1, 0.15) is 53.0 Å². The lowest BCUT2D eigenvalue weighted by Gasteiger charge is -2.35. The quantitative estimate of drug-likeness (QED) is 0.828. The molecule has 144 valence electrons. The van der Waals surface area contributed by atoms with E-state index in [-0.39, 0.29) is 42.2 Å². The average Bonchev–Trinajstić information content (AvgIpc) is 2.46. The van der Waals surface area contributed by atoms with Crippen molar-refractivity contribution in [2.75, 3.05) is 18.0 Å². The summed E-state index contributed by atoms with van der Waals surface area (Å²) >= 11 is 0. The maximum atomic E-state index is 12.0. The van der Waals surface area contributed by atoms with Gasteiger partial charge in [-0.25, -0.2) is 0 Å². The smallest absolute Gasteiger partial charge is 0.239 e. The molecule has 0 bridgehead atoms. The maximum Gasteiger partial charge on any atom is 0.239 e. The predicted octanol–water partition coefficient (Wildman–Crippen LogP) is 3.65. The molecule has 4 nitrogen and oxygen atoms in total. The summed E-state index contributed by atoms with van der Waals surface area (Å²) in [5, 5.41) is 3.07. The number of anilines is 1. The Morgan fingerprint density at radius 3 is 1.92 bits per heavy atom. The van der Waals surface area contributed by atoms with Crippen molar-refractivity contribution in [3.63, 3.8) is 0 Å². The van der Waals surface area contributed by atoms with Gasteiger partial charge in [-0.15, -0.1) is 24.8 Å². The van der Waals surface area contributed by atoms with Gasteiger partial charge in [0.2, 0.25) is 5.91 Å². The van der Waals surface area contributed by atoms with E-state index in [9.17, 15) is 4.79 Å². The molecule has 0 spiro atoms. The summed E-state index contributed by atoms with van der Waals surface area (Å²) in [7, 11) is 0. The number of amides is 1. The fourth-order valence-corrected chi connectivity index (χ4v) is 2.83. The molecule has 0 aliphatic carbocycles. The van der Waals surface area contributed by atoms with E-state index in [4.69, 9.17) is 5.73 Å². The molecule has 6 heteroatoms. The van der Waals surface area contributed by atoms with Gasteiger partial charge in [-0.3, -0.25) is 4.79 Å². The number of rotatable bonds is 3. The molecule has 25 heavy (non-hydrogen) atoms. The largest absolute Gasteiger partial charge is 0.371 e. The van der Waals surface area contributed by atoms with Gasteiger partial charge in [0.25, 0.3) is 0 Å². The Labute approximate surface area is 164 Å². The predicted molar refractivity (Wildman–Crippen MR) is 111 cm³/mol. The van der Waals surface area contributed by atoms with Crippen molar-refractivity contribution in [2.24, 2.45) is 5.73 Å². The number of halogens is 2. The Morgan fingerprint density at radius 1 is 1.04 bits per heavy atom. The van der Waals surface area contributed by atoms with Crippen LogP contribution in [-0.4, -0.2) is 30.6 Å². The van der Waals surface area contributed by atoms with Gasteiger partial charge in [-0.2, -0.15) is 0 Å². The first-order chi connectivity index (χ1) is 10.6. The van der Waals surface area contributed by atoms with Crippen molar-refractivity contribution < 1.29 is 4.79 Å². The molecule has 0 unspecified atom stereocenters. The Bertz CT molecular complexity index is 539. The average molecular weight is 390 g/mol. The van der Waals surface area contributed by atoms with Crippen LogP contribution < -0.4 is 16.0 Å². The van der Waals surface area contributed by atoms with Crippen LogP contribution in [0.4, 0.5) is 5.69 Å². The van der Waals surface area contributed by atoms with Crippen LogP contribution in [0.3, 0.4) is 0 Å². The van der Waals surface area contributed by atoms with Gasteiger partial charge in [-0.05, 0) is 49.8 Å². The topological polar surface area (TPSA) is 58.4 Å². The van der Waals surface area contributed by atoms with Gasteiger partial charge >= 0.3 is 0 Å². The number of piperidine rings is 1. The van der Waals surface area contributed by atoms with Crippen molar-refractivity contribution in [2.45, 2.75) is 64.5 Å². The van der Waals surface area contributed by atoms with E-state index in [1.54, 1.807) is 13.8 Å². The zero-order valence-corrected chi connectivity index (χ0v) is 17.6. The molecule has 3 N–H and O–H groups in total. The second-order valence-electron chi connectivity index (χ2n) is 8.25. The molecule has 0 saturated carbocycles. The monoisotopic (exact) mass is 389 g/mol. The molecular weight excluding hydrogens is 357 g/mol. The Hall–Kier alpha value is -0.970. The number of nitrogens with one attached hydrogen (secondary N) is 1. The normalized spacial score (nSPS) is 15.8. The zero-order chi connectivity index (χ0) is 17.3. The van der Waals surface area contributed by atoms with Crippen LogP contribution in [0, 0.1) is 0 Å². The van der Waals surface area contributed by atoms with Gasteiger partial charge in [0, 0.05) is 24.8 Å². The molecule has 1 aromatic carbocycles. The molecule has 1 aliphatic rings. The number of hydrogen-bond acceptors (Lipinski definition) is 3. The maximum absolute atomic E-state index is 12.0. The van der Waals surface area contributed by atoms with Gasteiger partial charge in [0.15, 0.2) is 0 Å². The summed E-state index contributed by atoms with van der Waals surface area (Å²) < 4.78 is 0. The minimum absolute atomic E-state index is 0. The van der Waals surface area contributed by atoms with E-state index in [1.165, 1.54) is 11.3 Å². The van der Waals surface area contributed by atoms with Crippen molar-refractivity contribution in [1.29, 1.82) is 0 Å². The highest BCUT2D eigenvalue weighted by molar-refractivity contribution is 5.86. The molecule has 1 heterocycles. The van der Waals surface area contributed by atoms with E-state index in [0.29, 0.717) is 0 Å². The number of nitrogens with two attached hydrogens (primary N) is 1. The van der Waals surface area contributed by atoms with Crippen LogP contribution in [0.2, 0.25) is 0 Å². The highest BCUT2D eigenvalue weighted by atomic mass is 35.5. The zero-order valence-electron chi connectivity index (χ0n) is 16.0. The van der Waals surface area contributed by atoms with Crippen LogP contribution in [0.5, 0.6) is 0 Å². The molecule has 1 fully saturated rings. The lowest BCUT2D eigenvalue weighted by atomic mass is 9.87. The Morgan fingerprint density at radius 2 is 1.52 bits per heavy atom. The number of benzene rings is 1. The van der Waals surface area contributed by atoms with E-state index < -0.39 is 5.54 Å². The summed E-state index contributed by atoms with van der Waals surface area (Å²) in [6.45, 7) is 12.1. The van der Waals surface area contributed by atoms with Gasteiger partial charge in [0.05, 0.1) is 5.54 Å². The van der Waals surface area contributed by atoms with Crippen molar-refractivity contribution in [3.8, 4) is 0 Å². The van der Waals surface area contributed by atoms with Crippen LogP contribution in [0.25, 0.3) is 0 Å². The molecule has 1 amide bonds. The fourth-order valence-electron chi connectivity index (χ4n) is 2.83. The third kappa shape index (κ3) is 6.69. The first-order valence-electron chi connectivity index (χ1n) is 8.53. The lowest BCUT2D eigenvalue weighted by molar-refractivity contribution is -0.126. The molecule has 0 atom stereocenters. The van der Waals surface area contributed by atoms with Crippen LogP contribution in [0.15, 0.2) is 24.3 Å². The van der Waals surface area contributed by atoms with Gasteiger partial charge in [0.1, 0.15) is 0 Å². The molecule has 1 aromatic rings. The third-order valence-corrected chi connectivity index (χ3v) is 4.51. The van der Waals surface area contributed by atoms with Crippen molar-refractivity contribution in [1.82, 2.24) is 5.32 Å². The SMILES string of the molecule is CC(C)(N)C(=O)NC1CCN(c2ccc(C(C)(C)C)cc2)CC1.Cl.Cl. The number of carbonyl (C=O) groups is 1. The van der Waals surface area contributed by atoms with E-state index in [0.717, 1.165) is 25.9 Å². The lowest BCUT2D eigenvalue weighted by Crippen LogP contribution is -2.54. The standard InChI is InChI=1S/C19H31N3O.2ClH/c1-18(2,3)14-6-8-16(9-7-14)22-12-10-15(11-13-22)21-17(23)19(4,5)20;;/h6-9,15H,10-13,20H2,1-5H3,(H,21,23);2*1H. The van der Waals surface area contributed by atoms with Gasteiger partial charge in [-0.1, -0.05) is 32.9 Å². The minimum Gasteiger partial charge on any atom is -0.371 e. The molecule has 1 aliphatic heterocycles. The molecule has 0 radical (unpaired) electrons. The third-order valence-electron chi connectivity index (χ3n) is 4.51. The van der Waals surface area contributed by atoms with Crippen molar-refractivity contribution >= 4 is 36.4 Å². The highest BCUT2D eigenvalue weighted by Crippen LogP contribution is 2.26. The first kappa shape index (κ1) is 24.0. The highest BCUT2D eigenvalue weighted by Gasteiger charge is 2.27. The Kier molecular flexibility index (Phi) is 8.76. The summed E-state index contributed by atoms with van der Waals surface area (Å²) in [5.41, 5.74) is 7.84. The molecular formula is C19H33Cl2N3O. The Balaban J connectivity index is 0.00000288. The first-order valence-corrected chi connectivity index (χ1v) is 8.53. The number of nitrogens with zero attached hydrogens (tertiary/aromatic N) is 1. The van der Waals surface area contributed by atoms with Crippen LogP contribution >= 0.6 is 24.8 Å². The van der Waals surface area contributed by atoms with E-state index in [1.807, 2.05) is 0 Å². The summed E-state index contributed by atoms with van der Waals surface area (Å²) in [5.74, 6) is -0.0644. The fraction of sp³-hybridized carbons (Fsp3) is 0.632. The second-order valence-corrected chi connectivity index (χ2v) is 8.25. The number of hydrogen-bond donors (Lipinski definition) is 2. The minimum atomic E-state index is -0.806. The summed E-state index contributed by atoms with van der Waals surface area (Å²) in [4.78, 5) is 14.4. The molecule has 0 aromatic heterocycles. The summed E-state index contributed by atoms with van der Waals surface area (Å²) in [6.07, 6.45) is 1.92. The molecule has 1 saturated heterocycles.